The number of carboxylic acid groups (broad SMARTS) is 1. The second-order valence-corrected chi connectivity index (χ2v) is 6.07. The summed E-state index contributed by atoms with van der Waals surface area (Å²) in [7, 11) is 0. The van der Waals surface area contributed by atoms with Gasteiger partial charge in [-0.25, -0.2) is 4.79 Å². The third-order valence-corrected chi connectivity index (χ3v) is 4.64. The zero-order valence-electron chi connectivity index (χ0n) is 10.2. The monoisotopic (exact) mass is 372 g/mol. The van der Waals surface area contributed by atoms with Crippen molar-refractivity contribution in [3.05, 3.63) is 55.7 Å². The molecule has 0 radical (unpaired) electrons. The number of para-hydroxylation sites is 1. The van der Waals surface area contributed by atoms with Crippen LogP contribution in [0.25, 0.3) is 6.08 Å². The van der Waals surface area contributed by atoms with Gasteiger partial charge in [-0.3, -0.25) is 0 Å². The van der Waals surface area contributed by atoms with Gasteiger partial charge in [-0.1, -0.05) is 23.7 Å². The van der Waals surface area contributed by atoms with E-state index in [0.29, 0.717) is 22.9 Å². The van der Waals surface area contributed by atoms with Crippen molar-refractivity contribution in [2.24, 2.45) is 0 Å². The molecule has 3 nitrogen and oxygen atoms in total. The first-order valence-corrected chi connectivity index (χ1v) is 7.67. The van der Waals surface area contributed by atoms with E-state index in [0.717, 1.165) is 15.4 Å². The number of carboxylic acids is 1. The number of thiophene rings is 1. The number of benzene rings is 1. The first-order valence-electron chi connectivity index (χ1n) is 5.62. The standard InChI is InChI=1S/C14H10BrClO3S/c15-10-6-7-20-12(10)8-19-14-9(4-5-13(17)18)2-1-3-11(14)16/h1-7H,8H2,(H,17,18)/b5-4+. The molecule has 1 aromatic carbocycles. The van der Waals surface area contributed by atoms with E-state index in [-0.39, 0.29) is 0 Å². The van der Waals surface area contributed by atoms with Crippen LogP contribution in [0.15, 0.2) is 40.2 Å². The SMILES string of the molecule is O=C(O)/C=C/c1cccc(Cl)c1OCc1sccc1Br. The van der Waals surface area contributed by atoms with E-state index in [9.17, 15) is 4.79 Å². The molecule has 1 N–H and O–H groups in total. The van der Waals surface area contributed by atoms with Crippen LogP contribution in [-0.4, -0.2) is 11.1 Å². The molecule has 0 saturated heterocycles. The average molecular weight is 374 g/mol. The molecule has 0 bridgehead atoms. The molecule has 2 aromatic rings. The molecule has 0 fully saturated rings. The van der Waals surface area contributed by atoms with Crippen molar-refractivity contribution in [3.8, 4) is 5.75 Å². The molecule has 2 rings (SSSR count). The molecule has 1 aromatic heterocycles. The minimum absolute atomic E-state index is 0.371. The van der Waals surface area contributed by atoms with Crippen molar-refractivity contribution in [2.45, 2.75) is 6.61 Å². The quantitative estimate of drug-likeness (QED) is 0.763. The van der Waals surface area contributed by atoms with Crippen LogP contribution in [0.2, 0.25) is 5.02 Å². The van der Waals surface area contributed by atoms with Crippen molar-refractivity contribution >= 4 is 50.9 Å². The van der Waals surface area contributed by atoms with Crippen molar-refractivity contribution in [3.63, 3.8) is 0 Å². The highest BCUT2D eigenvalue weighted by Gasteiger charge is 2.09. The fourth-order valence-corrected chi connectivity index (χ4v) is 3.15. The molecule has 1 heterocycles. The van der Waals surface area contributed by atoms with Crippen molar-refractivity contribution < 1.29 is 14.6 Å². The number of hydrogen-bond donors (Lipinski definition) is 1. The van der Waals surface area contributed by atoms with Gasteiger partial charge in [-0.05, 0) is 39.5 Å². The summed E-state index contributed by atoms with van der Waals surface area (Å²) in [6.07, 6.45) is 2.52. The number of carbonyl (C=O) groups is 1. The molecule has 6 heteroatoms. The summed E-state index contributed by atoms with van der Waals surface area (Å²) in [6.45, 7) is 0.371. The van der Waals surface area contributed by atoms with Crippen LogP contribution in [0.3, 0.4) is 0 Å². The number of halogens is 2. The van der Waals surface area contributed by atoms with E-state index >= 15 is 0 Å². The zero-order valence-corrected chi connectivity index (χ0v) is 13.3. The molecule has 0 amide bonds. The summed E-state index contributed by atoms with van der Waals surface area (Å²) < 4.78 is 6.71. The molecule has 0 atom stereocenters. The van der Waals surface area contributed by atoms with Crippen LogP contribution in [-0.2, 0) is 11.4 Å². The molecule has 0 aliphatic rings. The lowest BCUT2D eigenvalue weighted by Gasteiger charge is -2.10. The maximum absolute atomic E-state index is 10.6. The number of ether oxygens (including phenoxy) is 1. The first-order chi connectivity index (χ1) is 9.58. The number of aliphatic carboxylic acids is 1. The minimum atomic E-state index is -1.02. The summed E-state index contributed by atoms with van der Waals surface area (Å²) in [4.78, 5) is 11.6. The number of rotatable bonds is 5. The Hall–Kier alpha value is -1.30. The van der Waals surface area contributed by atoms with Crippen LogP contribution < -0.4 is 4.74 Å². The lowest BCUT2D eigenvalue weighted by atomic mass is 10.2. The molecule has 0 spiro atoms. The van der Waals surface area contributed by atoms with Crippen LogP contribution in [0.1, 0.15) is 10.4 Å². The normalized spacial score (nSPS) is 10.9. The smallest absolute Gasteiger partial charge is 0.328 e. The van der Waals surface area contributed by atoms with Gasteiger partial charge in [0, 0.05) is 16.1 Å². The Morgan fingerprint density at radius 2 is 2.25 bits per heavy atom. The van der Waals surface area contributed by atoms with Gasteiger partial charge in [0.15, 0.2) is 0 Å². The predicted octanol–water partition coefficient (Wildman–Crippen LogP) is 4.84. The number of hydrogen-bond acceptors (Lipinski definition) is 3. The minimum Gasteiger partial charge on any atom is -0.486 e. The van der Waals surface area contributed by atoms with E-state index in [1.165, 1.54) is 6.08 Å². The van der Waals surface area contributed by atoms with Crippen molar-refractivity contribution in [1.82, 2.24) is 0 Å². The fourth-order valence-electron chi connectivity index (χ4n) is 1.54. The lowest BCUT2D eigenvalue weighted by Crippen LogP contribution is -1.97. The molecule has 0 saturated carbocycles. The lowest BCUT2D eigenvalue weighted by molar-refractivity contribution is -0.131. The predicted molar refractivity (Wildman–Crippen MR) is 84.5 cm³/mol. The molecular formula is C14H10BrClO3S. The molecule has 20 heavy (non-hydrogen) atoms. The van der Waals surface area contributed by atoms with Gasteiger partial charge in [-0.2, -0.15) is 0 Å². The van der Waals surface area contributed by atoms with E-state index in [1.54, 1.807) is 29.5 Å². The van der Waals surface area contributed by atoms with Gasteiger partial charge in [0.25, 0.3) is 0 Å². The maximum atomic E-state index is 10.6. The summed E-state index contributed by atoms with van der Waals surface area (Å²) in [5.74, 6) is -0.538. The largest absolute Gasteiger partial charge is 0.486 e. The van der Waals surface area contributed by atoms with E-state index in [2.05, 4.69) is 15.9 Å². The van der Waals surface area contributed by atoms with Gasteiger partial charge < -0.3 is 9.84 Å². The third-order valence-electron chi connectivity index (χ3n) is 2.44. The Balaban J connectivity index is 2.22. The molecule has 0 aliphatic carbocycles. The van der Waals surface area contributed by atoms with Gasteiger partial charge in [0.2, 0.25) is 0 Å². The van der Waals surface area contributed by atoms with E-state index in [4.69, 9.17) is 21.4 Å². The van der Waals surface area contributed by atoms with Crippen LogP contribution in [0, 0.1) is 0 Å². The van der Waals surface area contributed by atoms with Gasteiger partial charge in [0.05, 0.1) is 9.90 Å². The highest BCUT2D eigenvalue weighted by Crippen LogP contribution is 2.32. The molecule has 104 valence electrons. The summed E-state index contributed by atoms with van der Waals surface area (Å²) in [5.41, 5.74) is 0.632. The summed E-state index contributed by atoms with van der Waals surface area (Å²) in [5, 5.41) is 11.1. The molecular weight excluding hydrogens is 364 g/mol. The Morgan fingerprint density at radius 3 is 2.90 bits per heavy atom. The Bertz CT molecular complexity index is 652. The third kappa shape index (κ3) is 3.85. The van der Waals surface area contributed by atoms with E-state index in [1.807, 2.05) is 11.4 Å². The van der Waals surface area contributed by atoms with Gasteiger partial charge in [0.1, 0.15) is 12.4 Å². The fraction of sp³-hybridized carbons (Fsp3) is 0.0714. The average Bonchev–Trinajstić information content (AvgIpc) is 2.81. The van der Waals surface area contributed by atoms with Gasteiger partial charge >= 0.3 is 5.97 Å². The summed E-state index contributed by atoms with van der Waals surface area (Å²) in [6, 6.07) is 7.15. The van der Waals surface area contributed by atoms with Gasteiger partial charge in [-0.15, -0.1) is 11.3 Å². The topological polar surface area (TPSA) is 46.5 Å². The molecule has 0 aliphatic heterocycles. The second kappa shape index (κ2) is 6.92. The zero-order chi connectivity index (χ0) is 14.5. The highest BCUT2D eigenvalue weighted by molar-refractivity contribution is 9.10. The van der Waals surface area contributed by atoms with Crippen LogP contribution in [0.5, 0.6) is 5.75 Å². The highest BCUT2D eigenvalue weighted by atomic mass is 79.9. The van der Waals surface area contributed by atoms with Crippen molar-refractivity contribution in [1.29, 1.82) is 0 Å². The first kappa shape index (κ1) is 15.1. The van der Waals surface area contributed by atoms with Crippen molar-refractivity contribution in [2.75, 3.05) is 0 Å². The molecule has 0 unspecified atom stereocenters. The van der Waals surface area contributed by atoms with Crippen LogP contribution in [0.4, 0.5) is 0 Å². The maximum Gasteiger partial charge on any atom is 0.328 e. The van der Waals surface area contributed by atoms with E-state index < -0.39 is 5.97 Å². The Labute approximate surface area is 133 Å². The Kier molecular flexibility index (Phi) is 5.23. The summed E-state index contributed by atoms with van der Waals surface area (Å²) >= 11 is 11.1. The Morgan fingerprint density at radius 1 is 1.45 bits per heavy atom. The second-order valence-electron chi connectivity index (χ2n) is 3.81. The van der Waals surface area contributed by atoms with Crippen LogP contribution >= 0.6 is 38.9 Å².